The number of ether oxygens (including phenoxy) is 1. The molecule has 0 bridgehead atoms. The third-order valence-electron chi connectivity index (χ3n) is 3.92. The Balaban J connectivity index is 2.23. The molecule has 1 N–H and O–H groups in total. The fourth-order valence-corrected chi connectivity index (χ4v) is 2.53. The normalized spacial score (nSPS) is 14.8. The molecule has 4 heteroatoms. The van der Waals surface area contributed by atoms with E-state index in [0.29, 0.717) is 30.3 Å². The van der Waals surface area contributed by atoms with Crippen LogP contribution in [0.1, 0.15) is 41.6 Å². The highest BCUT2D eigenvalue weighted by Gasteiger charge is 2.30. The van der Waals surface area contributed by atoms with Crippen LogP contribution in [0.15, 0.2) is 18.2 Å². The van der Waals surface area contributed by atoms with Crippen molar-refractivity contribution in [3.8, 4) is 5.75 Å². The quantitative estimate of drug-likeness (QED) is 0.868. The molecule has 1 fully saturated rings. The minimum absolute atomic E-state index is 0.0173. The van der Waals surface area contributed by atoms with Crippen LogP contribution in [0.3, 0.4) is 0 Å². The maximum absolute atomic E-state index is 12.8. The lowest BCUT2D eigenvalue weighted by molar-refractivity contribution is 0.0559. The van der Waals surface area contributed by atoms with Crippen LogP contribution < -0.4 is 4.74 Å². The van der Waals surface area contributed by atoms with Gasteiger partial charge in [-0.3, -0.25) is 4.79 Å². The first-order valence-electron chi connectivity index (χ1n) is 7.24. The molecule has 0 spiro atoms. The van der Waals surface area contributed by atoms with Crippen LogP contribution in [0, 0.1) is 6.92 Å². The maximum atomic E-state index is 12.8. The minimum atomic E-state index is 0.0173. The Morgan fingerprint density at radius 1 is 1.45 bits per heavy atom. The molecular weight excluding hydrogens is 254 g/mol. The van der Waals surface area contributed by atoms with Crippen molar-refractivity contribution in [1.82, 2.24) is 4.90 Å². The Kier molecular flexibility index (Phi) is 5.01. The zero-order valence-corrected chi connectivity index (χ0v) is 12.3. The van der Waals surface area contributed by atoms with Gasteiger partial charge in [0.1, 0.15) is 5.75 Å². The molecule has 1 aliphatic carbocycles. The van der Waals surface area contributed by atoms with Gasteiger partial charge in [-0.05, 0) is 44.7 Å². The Labute approximate surface area is 120 Å². The number of carbonyl (C=O) groups is 1. The number of benzene rings is 1. The second kappa shape index (κ2) is 6.75. The third kappa shape index (κ3) is 3.12. The predicted molar refractivity (Wildman–Crippen MR) is 78.1 cm³/mol. The number of rotatable bonds is 6. The van der Waals surface area contributed by atoms with E-state index in [1.54, 1.807) is 7.11 Å². The van der Waals surface area contributed by atoms with Crippen LogP contribution in [-0.4, -0.2) is 42.2 Å². The van der Waals surface area contributed by atoms with E-state index in [4.69, 9.17) is 9.84 Å². The molecular formula is C16H23NO3. The fraction of sp³-hybridized carbons (Fsp3) is 0.562. The van der Waals surface area contributed by atoms with Gasteiger partial charge in [0, 0.05) is 19.2 Å². The van der Waals surface area contributed by atoms with Gasteiger partial charge in [0.15, 0.2) is 0 Å². The summed E-state index contributed by atoms with van der Waals surface area (Å²) in [5, 5.41) is 9.02. The topological polar surface area (TPSA) is 49.8 Å². The average molecular weight is 277 g/mol. The lowest BCUT2D eigenvalue weighted by Crippen LogP contribution is -2.45. The summed E-state index contributed by atoms with van der Waals surface area (Å²) in [6.07, 6.45) is 3.92. The Bertz CT molecular complexity index is 469. The zero-order chi connectivity index (χ0) is 14.5. The largest absolute Gasteiger partial charge is 0.496 e. The fourth-order valence-electron chi connectivity index (χ4n) is 2.53. The Morgan fingerprint density at radius 2 is 2.20 bits per heavy atom. The molecule has 0 aromatic heterocycles. The van der Waals surface area contributed by atoms with Crippen molar-refractivity contribution in [1.29, 1.82) is 0 Å². The summed E-state index contributed by atoms with van der Waals surface area (Å²) in [5.41, 5.74) is 1.67. The molecule has 0 heterocycles. The highest BCUT2D eigenvalue weighted by atomic mass is 16.5. The number of aliphatic hydroxyl groups excluding tert-OH is 1. The summed E-state index contributed by atoms with van der Waals surface area (Å²) in [5.74, 6) is 0.637. The molecule has 0 radical (unpaired) electrons. The van der Waals surface area contributed by atoms with E-state index < -0.39 is 0 Å². The standard InChI is InChI=1S/C16H23NO3/c1-12-7-8-15(20-2)14(11-12)16(19)17(9-4-10-18)13-5-3-6-13/h7-8,11,13,18H,3-6,9-10H2,1-2H3. The molecule has 1 aliphatic rings. The van der Waals surface area contributed by atoms with E-state index in [1.807, 2.05) is 30.0 Å². The van der Waals surface area contributed by atoms with Crippen molar-refractivity contribution >= 4 is 5.91 Å². The molecule has 0 unspecified atom stereocenters. The van der Waals surface area contributed by atoms with Crippen molar-refractivity contribution < 1.29 is 14.6 Å². The van der Waals surface area contributed by atoms with Gasteiger partial charge in [-0.1, -0.05) is 11.6 Å². The van der Waals surface area contributed by atoms with Crippen molar-refractivity contribution in [3.63, 3.8) is 0 Å². The highest BCUT2D eigenvalue weighted by molar-refractivity contribution is 5.97. The summed E-state index contributed by atoms with van der Waals surface area (Å²) >= 11 is 0. The number of amides is 1. The number of aryl methyl sites for hydroxylation is 1. The van der Waals surface area contributed by atoms with E-state index in [2.05, 4.69) is 0 Å². The number of hydrogen-bond donors (Lipinski definition) is 1. The highest BCUT2D eigenvalue weighted by Crippen LogP contribution is 2.29. The number of aliphatic hydroxyl groups is 1. The molecule has 0 saturated heterocycles. The van der Waals surface area contributed by atoms with Crippen LogP contribution >= 0.6 is 0 Å². The summed E-state index contributed by atoms with van der Waals surface area (Å²) in [7, 11) is 1.59. The van der Waals surface area contributed by atoms with E-state index in [0.717, 1.165) is 18.4 Å². The van der Waals surface area contributed by atoms with E-state index in [1.165, 1.54) is 6.42 Å². The van der Waals surface area contributed by atoms with Crippen molar-refractivity contribution in [2.24, 2.45) is 0 Å². The number of carbonyl (C=O) groups excluding carboxylic acids is 1. The van der Waals surface area contributed by atoms with Crippen LogP contribution in [0.2, 0.25) is 0 Å². The van der Waals surface area contributed by atoms with Crippen LogP contribution in [0.4, 0.5) is 0 Å². The molecule has 1 aromatic rings. The van der Waals surface area contributed by atoms with Gasteiger partial charge in [-0.25, -0.2) is 0 Å². The second-order valence-electron chi connectivity index (χ2n) is 5.36. The molecule has 1 saturated carbocycles. The second-order valence-corrected chi connectivity index (χ2v) is 5.36. The van der Waals surface area contributed by atoms with Crippen molar-refractivity contribution in [2.75, 3.05) is 20.3 Å². The molecule has 2 rings (SSSR count). The number of methoxy groups -OCH3 is 1. The lowest BCUT2D eigenvalue weighted by atomic mass is 9.90. The molecule has 0 atom stereocenters. The summed E-state index contributed by atoms with van der Waals surface area (Å²) < 4.78 is 5.31. The van der Waals surface area contributed by atoms with Gasteiger partial charge in [-0.15, -0.1) is 0 Å². The maximum Gasteiger partial charge on any atom is 0.257 e. The van der Waals surface area contributed by atoms with Gasteiger partial charge >= 0.3 is 0 Å². The molecule has 20 heavy (non-hydrogen) atoms. The minimum Gasteiger partial charge on any atom is -0.496 e. The zero-order valence-electron chi connectivity index (χ0n) is 12.3. The van der Waals surface area contributed by atoms with E-state index in [9.17, 15) is 4.79 Å². The first-order chi connectivity index (χ1) is 9.67. The summed E-state index contributed by atoms with van der Waals surface area (Å²) in [6, 6.07) is 5.98. The molecule has 110 valence electrons. The number of nitrogens with zero attached hydrogens (tertiary/aromatic N) is 1. The monoisotopic (exact) mass is 277 g/mol. The van der Waals surface area contributed by atoms with E-state index >= 15 is 0 Å². The van der Waals surface area contributed by atoms with Gasteiger partial charge in [-0.2, -0.15) is 0 Å². The molecule has 1 aromatic carbocycles. The first-order valence-corrected chi connectivity index (χ1v) is 7.24. The first kappa shape index (κ1) is 14.9. The lowest BCUT2D eigenvalue weighted by Gasteiger charge is -2.38. The third-order valence-corrected chi connectivity index (χ3v) is 3.92. The number of hydrogen-bond acceptors (Lipinski definition) is 3. The van der Waals surface area contributed by atoms with Gasteiger partial charge in [0.25, 0.3) is 5.91 Å². The molecule has 0 aliphatic heterocycles. The van der Waals surface area contributed by atoms with Crippen LogP contribution in [-0.2, 0) is 0 Å². The summed E-state index contributed by atoms with van der Waals surface area (Å²) in [4.78, 5) is 14.7. The van der Waals surface area contributed by atoms with Crippen LogP contribution in [0.5, 0.6) is 5.75 Å². The summed E-state index contributed by atoms with van der Waals surface area (Å²) in [6.45, 7) is 2.69. The predicted octanol–water partition coefficient (Wildman–Crippen LogP) is 2.38. The Hall–Kier alpha value is -1.55. The van der Waals surface area contributed by atoms with E-state index in [-0.39, 0.29) is 12.5 Å². The average Bonchev–Trinajstić information content (AvgIpc) is 2.40. The van der Waals surface area contributed by atoms with Crippen LogP contribution in [0.25, 0.3) is 0 Å². The SMILES string of the molecule is COc1ccc(C)cc1C(=O)N(CCCO)C1CCC1. The Morgan fingerprint density at radius 3 is 2.75 bits per heavy atom. The van der Waals surface area contributed by atoms with Crippen molar-refractivity contribution in [2.45, 2.75) is 38.6 Å². The molecule has 1 amide bonds. The van der Waals surface area contributed by atoms with Crippen molar-refractivity contribution in [3.05, 3.63) is 29.3 Å². The van der Waals surface area contributed by atoms with Gasteiger partial charge in [0.05, 0.1) is 12.7 Å². The van der Waals surface area contributed by atoms with Gasteiger partial charge < -0.3 is 14.7 Å². The van der Waals surface area contributed by atoms with Gasteiger partial charge in [0.2, 0.25) is 0 Å². The smallest absolute Gasteiger partial charge is 0.257 e. The molecule has 4 nitrogen and oxygen atoms in total.